The minimum atomic E-state index is 0.566. The Morgan fingerprint density at radius 3 is 2.86 bits per heavy atom. The van der Waals surface area contributed by atoms with E-state index in [1.165, 1.54) is 4.90 Å². The molecule has 1 rings (SSSR count). The lowest BCUT2D eigenvalue weighted by molar-refractivity contribution is 0.616. The lowest BCUT2D eigenvalue weighted by Crippen LogP contribution is -2.24. The third-order valence-corrected chi connectivity index (χ3v) is 2.78. The molecule has 0 bridgehead atoms. The fourth-order valence-corrected chi connectivity index (χ4v) is 1.97. The molecule has 78 valence electrons. The first kappa shape index (κ1) is 11.4. The lowest BCUT2D eigenvalue weighted by Gasteiger charge is -2.07. The van der Waals surface area contributed by atoms with Crippen molar-refractivity contribution < 1.29 is 0 Å². The predicted molar refractivity (Wildman–Crippen MR) is 64.7 cm³/mol. The summed E-state index contributed by atoms with van der Waals surface area (Å²) < 4.78 is 0. The maximum atomic E-state index is 5.68. The van der Waals surface area contributed by atoms with Crippen molar-refractivity contribution in [1.82, 2.24) is 5.32 Å². The number of nitrogens with one attached hydrogen (secondary N) is 1. The van der Waals surface area contributed by atoms with E-state index in [2.05, 4.69) is 25.2 Å². The van der Waals surface area contributed by atoms with Gasteiger partial charge in [-0.15, -0.1) is 11.8 Å². The zero-order chi connectivity index (χ0) is 10.4. The van der Waals surface area contributed by atoms with Crippen molar-refractivity contribution in [2.45, 2.75) is 24.8 Å². The van der Waals surface area contributed by atoms with Gasteiger partial charge in [0.05, 0.1) is 0 Å². The number of rotatable bonds is 5. The molecule has 0 radical (unpaired) electrons. The molecule has 0 saturated carbocycles. The van der Waals surface area contributed by atoms with Crippen molar-refractivity contribution in [1.29, 1.82) is 0 Å². The van der Waals surface area contributed by atoms with Gasteiger partial charge in [-0.2, -0.15) is 0 Å². The molecule has 0 aliphatic heterocycles. The zero-order valence-corrected chi connectivity index (χ0v) is 9.60. The normalized spacial score (nSPS) is 10.8. The largest absolute Gasteiger partial charge is 0.399 e. The van der Waals surface area contributed by atoms with Crippen molar-refractivity contribution >= 4 is 17.4 Å². The van der Waals surface area contributed by atoms with Crippen LogP contribution in [0.25, 0.3) is 0 Å². The monoisotopic (exact) mass is 210 g/mol. The van der Waals surface area contributed by atoms with Crippen molar-refractivity contribution in [2.24, 2.45) is 0 Å². The average molecular weight is 210 g/mol. The highest BCUT2D eigenvalue weighted by Gasteiger charge is 1.95. The van der Waals surface area contributed by atoms with E-state index in [0.717, 1.165) is 18.0 Å². The van der Waals surface area contributed by atoms with Crippen LogP contribution in [0.1, 0.15) is 13.8 Å². The van der Waals surface area contributed by atoms with E-state index in [0.29, 0.717) is 6.04 Å². The molecule has 1 aromatic rings. The molecular weight excluding hydrogens is 192 g/mol. The molecule has 14 heavy (non-hydrogen) atoms. The van der Waals surface area contributed by atoms with Gasteiger partial charge in [-0.05, 0) is 18.2 Å². The van der Waals surface area contributed by atoms with Crippen LogP contribution in [0, 0.1) is 0 Å². The van der Waals surface area contributed by atoms with Crippen LogP contribution in [-0.4, -0.2) is 18.3 Å². The van der Waals surface area contributed by atoms with Gasteiger partial charge in [0.1, 0.15) is 0 Å². The maximum absolute atomic E-state index is 5.68. The van der Waals surface area contributed by atoms with E-state index in [9.17, 15) is 0 Å². The van der Waals surface area contributed by atoms with Crippen LogP contribution >= 0.6 is 11.8 Å². The van der Waals surface area contributed by atoms with Gasteiger partial charge < -0.3 is 11.1 Å². The number of hydrogen-bond acceptors (Lipinski definition) is 3. The summed E-state index contributed by atoms with van der Waals surface area (Å²) in [5, 5.41) is 3.38. The lowest BCUT2D eigenvalue weighted by atomic mass is 10.3. The molecule has 0 atom stereocenters. The van der Waals surface area contributed by atoms with E-state index in [4.69, 9.17) is 5.73 Å². The summed E-state index contributed by atoms with van der Waals surface area (Å²) in [5.74, 6) is 1.08. The average Bonchev–Trinajstić information content (AvgIpc) is 2.12. The first-order valence-corrected chi connectivity index (χ1v) is 5.89. The van der Waals surface area contributed by atoms with Gasteiger partial charge in [-0.25, -0.2) is 0 Å². The van der Waals surface area contributed by atoms with E-state index in [1.54, 1.807) is 0 Å². The number of nitrogens with two attached hydrogens (primary N) is 1. The Hall–Kier alpha value is -0.670. The van der Waals surface area contributed by atoms with Crippen LogP contribution in [0.2, 0.25) is 0 Å². The van der Waals surface area contributed by atoms with Gasteiger partial charge in [0.15, 0.2) is 0 Å². The van der Waals surface area contributed by atoms with E-state index in [-0.39, 0.29) is 0 Å². The molecule has 1 aromatic carbocycles. The standard InChI is InChI=1S/C11H18N2S/c1-9(2)13-6-7-14-11-5-3-4-10(12)8-11/h3-5,8-9,13H,6-7,12H2,1-2H3. The molecule has 0 aromatic heterocycles. The van der Waals surface area contributed by atoms with Crippen molar-refractivity contribution in [3.8, 4) is 0 Å². The summed E-state index contributed by atoms with van der Waals surface area (Å²) in [6, 6.07) is 8.58. The van der Waals surface area contributed by atoms with Crippen LogP contribution in [0.5, 0.6) is 0 Å². The van der Waals surface area contributed by atoms with Gasteiger partial charge >= 0.3 is 0 Å². The quantitative estimate of drug-likeness (QED) is 0.445. The van der Waals surface area contributed by atoms with E-state index in [1.807, 2.05) is 30.0 Å². The smallest absolute Gasteiger partial charge is 0.0325 e. The van der Waals surface area contributed by atoms with Crippen LogP contribution in [0.3, 0.4) is 0 Å². The first-order valence-electron chi connectivity index (χ1n) is 4.90. The highest BCUT2D eigenvalue weighted by Crippen LogP contribution is 2.19. The van der Waals surface area contributed by atoms with Gasteiger partial charge in [0, 0.05) is 28.9 Å². The topological polar surface area (TPSA) is 38.0 Å². The molecule has 3 heteroatoms. The maximum Gasteiger partial charge on any atom is 0.0325 e. The molecule has 2 nitrogen and oxygen atoms in total. The fraction of sp³-hybridized carbons (Fsp3) is 0.455. The van der Waals surface area contributed by atoms with E-state index >= 15 is 0 Å². The Kier molecular flexibility index (Phi) is 4.84. The summed E-state index contributed by atoms with van der Waals surface area (Å²) in [7, 11) is 0. The summed E-state index contributed by atoms with van der Waals surface area (Å²) >= 11 is 1.83. The Balaban J connectivity index is 2.25. The third kappa shape index (κ3) is 4.53. The second kappa shape index (κ2) is 5.94. The third-order valence-electron chi connectivity index (χ3n) is 1.78. The molecule has 0 heterocycles. The second-order valence-corrected chi connectivity index (χ2v) is 4.70. The second-order valence-electron chi connectivity index (χ2n) is 3.53. The minimum Gasteiger partial charge on any atom is -0.399 e. The molecule has 0 aliphatic carbocycles. The molecule has 3 N–H and O–H groups in total. The summed E-state index contributed by atoms with van der Waals surface area (Å²) in [6.07, 6.45) is 0. The Morgan fingerprint density at radius 1 is 1.43 bits per heavy atom. The number of anilines is 1. The van der Waals surface area contributed by atoms with Crippen molar-refractivity contribution in [2.75, 3.05) is 18.0 Å². The molecule has 0 spiro atoms. The van der Waals surface area contributed by atoms with Gasteiger partial charge in [0.25, 0.3) is 0 Å². The van der Waals surface area contributed by atoms with Gasteiger partial charge in [-0.1, -0.05) is 19.9 Å². The molecule has 0 amide bonds. The summed E-state index contributed by atoms with van der Waals surface area (Å²) in [6.45, 7) is 5.35. The highest BCUT2D eigenvalue weighted by atomic mass is 32.2. The first-order chi connectivity index (χ1) is 6.68. The van der Waals surface area contributed by atoms with E-state index < -0.39 is 0 Å². The number of nitrogen functional groups attached to an aromatic ring is 1. The minimum absolute atomic E-state index is 0.566. The Morgan fingerprint density at radius 2 is 2.21 bits per heavy atom. The van der Waals surface area contributed by atoms with Crippen LogP contribution in [0.4, 0.5) is 5.69 Å². The summed E-state index contributed by atoms with van der Waals surface area (Å²) in [4.78, 5) is 1.25. The molecule has 0 fully saturated rings. The van der Waals surface area contributed by atoms with Crippen molar-refractivity contribution in [3.05, 3.63) is 24.3 Å². The Labute approximate surface area is 90.3 Å². The number of thioether (sulfide) groups is 1. The van der Waals surface area contributed by atoms with Crippen LogP contribution in [-0.2, 0) is 0 Å². The highest BCUT2D eigenvalue weighted by molar-refractivity contribution is 7.99. The van der Waals surface area contributed by atoms with Gasteiger partial charge in [0.2, 0.25) is 0 Å². The predicted octanol–water partition coefficient (Wildman–Crippen LogP) is 2.36. The molecule has 0 aliphatic rings. The molecular formula is C11H18N2S. The Bertz CT molecular complexity index is 274. The molecule has 0 saturated heterocycles. The van der Waals surface area contributed by atoms with Crippen molar-refractivity contribution in [3.63, 3.8) is 0 Å². The van der Waals surface area contributed by atoms with Crippen LogP contribution < -0.4 is 11.1 Å². The zero-order valence-electron chi connectivity index (χ0n) is 8.79. The SMILES string of the molecule is CC(C)NCCSc1cccc(N)c1. The fourth-order valence-electron chi connectivity index (χ4n) is 1.12. The van der Waals surface area contributed by atoms with Crippen LogP contribution in [0.15, 0.2) is 29.2 Å². The van der Waals surface area contributed by atoms with Gasteiger partial charge in [-0.3, -0.25) is 0 Å². The number of benzene rings is 1. The number of hydrogen-bond donors (Lipinski definition) is 2. The summed E-state index contributed by atoms with van der Waals surface area (Å²) in [5.41, 5.74) is 6.52. The molecule has 0 unspecified atom stereocenters.